The van der Waals surface area contributed by atoms with Crippen LogP contribution in [0.2, 0.25) is 0 Å². The van der Waals surface area contributed by atoms with Crippen molar-refractivity contribution in [3.8, 4) is 5.75 Å². The lowest BCUT2D eigenvalue weighted by atomic mass is 10.1. The first-order valence-electron chi connectivity index (χ1n) is 9.87. The summed E-state index contributed by atoms with van der Waals surface area (Å²) in [7, 11) is 0. The SMILES string of the molecule is Cc1ccc(COc2cccc(C=C3C(=O)NC(=O)N(c4ccccc4F)C3=O)c2)cc1. The van der Waals surface area contributed by atoms with Gasteiger partial charge in [-0.25, -0.2) is 14.1 Å². The van der Waals surface area contributed by atoms with E-state index in [4.69, 9.17) is 4.74 Å². The molecule has 160 valence electrons. The van der Waals surface area contributed by atoms with Crippen molar-refractivity contribution in [1.29, 1.82) is 0 Å². The third kappa shape index (κ3) is 4.41. The second-order valence-electron chi connectivity index (χ2n) is 7.26. The molecule has 6 nitrogen and oxygen atoms in total. The highest BCUT2D eigenvalue weighted by Crippen LogP contribution is 2.25. The number of ether oxygens (including phenoxy) is 1. The first kappa shape index (κ1) is 21.0. The van der Waals surface area contributed by atoms with Gasteiger partial charge in [0.05, 0.1) is 5.69 Å². The quantitative estimate of drug-likeness (QED) is 0.482. The van der Waals surface area contributed by atoms with Gasteiger partial charge in [0.25, 0.3) is 11.8 Å². The first-order valence-corrected chi connectivity index (χ1v) is 9.87. The number of carbonyl (C=O) groups excluding carboxylic acids is 3. The molecule has 1 saturated heterocycles. The lowest BCUT2D eigenvalue weighted by molar-refractivity contribution is -0.122. The van der Waals surface area contributed by atoms with Crippen LogP contribution in [0, 0.1) is 12.7 Å². The van der Waals surface area contributed by atoms with Crippen molar-refractivity contribution < 1.29 is 23.5 Å². The van der Waals surface area contributed by atoms with Crippen LogP contribution in [0.3, 0.4) is 0 Å². The van der Waals surface area contributed by atoms with E-state index < -0.39 is 23.7 Å². The predicted octanol–water partition coefficient (Wildman–Crippen LogP) is 4.38. The number of carbonyl (C=O) groups is 3. The minimum absolute atomic E-state index is 0.233. The Hall–Kier alpha value is -4.26. The van der Waals surface area contributed by atoms with E-state index in [1.165, 1.54) is 24.3 Å². The van der Waals surface area contributed by atoms with E-state index in [0.29, 0.717) is 22.8 Å². The second kappa shape index (κ2) is 8.85. The molecule has 3 aromatic carbocycles. The lowest BCUT2D eigenvalue weighted by Gasteiger charge is -2.26. The van der Waals surface area contributed by atoms with Crippen LogP contribution in [0.4, 0.5) is 14.9 Å². The maximum atomic E-state index is 14.2. The first-order chi connectivity index (χ1) is 15.4. The summed E-state index contributed by atoms with van der Waals surface area (Å²) in [5.41, 5.74) is 2.15. The van der Waals surface area contributed by atoms with Crippen LogP contribution in [-0.4, -0.2) is 17.8 Å². The summed E-state index contributed by atoms with van der Waals surface area (Å²) in [5.74, 6) is -1.96. The van der Waals surface area contributed by atoms with Crippen LogP contribution in [0.1, 0.15) is 16.7 Å². The summed E-state index contributed by atoms with van der Waals surface area (Å²) in [6.45, 7) is 2.36. The topological polar surface area (TPSA) is 75.7 Å². The molecule has 32 heavy (non-hydrogen) atoms. The molecule has 0 spiro atoms. The fourth-order valence-electron chi connectivity index (χ4n) is 3.22. The fourth-order valence-corrected chi connectivity index (χ4v) is 3.22. The summed E-state index contributed by atoms with van der Waals surface area (Å²) < 4.78 is 20.0. The van der Waals surface area contributed by atoms with Gasteiger partial charge in [-0.1, -0.05) is 54.1 Å². The summed E-state index contributed by atoms with van der Waals surface area (Å²) in [4.78, 5) is 38.1. The molecule has 0 atom stereocenters. The molecule has 0 saturated carbocycles. The molecular weight excluding hydrogens is 411 g/mol. The van der Waals surface area contributed by atoms with Crippen LogP contribution < -0.4 is 15.0 Å². The standard InChI is InChI=1S/C25H19FN2O4/c1-16-9-11-17(12-10-16)15-32-19-6-4-5-18(13-19)14-20-23(29)27-25(31)28(24(20)30)22-8-3-2-7-21(22)26/h2-14H,15H2,1H3,(H,27,29,31). The van der Waals surface area contributed by atoms with Gasteiger partial charge < -0.3 is 4.74 Å². The van der Waals surface area contributed by atoms with Gasteiger partial charge in [-0.15, -0.1) is 0 Å². The van der Waals surface area contributed by atoms with Gasteiger partial charge in [0.1, 0.15) is 23.7 Å². The molecule has 7 heteroatoms. The monoisotopic (exact) mass is 430 g/mol. The van der Waals surface area contributed by atoms with Crippen LogP contribution >= 0.6 is 0 Å². The molecule has 0 aliphatic carbocycles. The minimum Gasteiger partial charge on any atom is -0.489 e. The number of hydrogen-bond acceptors (Lipinski definition) is 4. The van der Waals surface area contributed by atoms with Gasteiger partial charge in [0, 0.05) is 0 Å². The maximum absolute atomic E-state index is 14.2. The van der Waals surface area contributed by atoms with Crippen molar-refractivity contribution in [3.05, 3.63) is 101 Å². The molecule has 1 aliphatic heterocycles. The predicted molar refractivity (Wildman–Crippen MR) is 117 cm³/mol. The van der Waals surface area contributed by atoms with E-state index in [0.717, 1.165) is 17.2 Å². The average molecular weight is 430 g/mol. The number of rotatable bonds is 5. The number of barbiturate groups is 1. The Labute approximate surface area is 183 Å². The largest absolute Gasteiger partial charge is 0.489 e. The Bertz CT molecular complexity index is 1230. The van der Waals surface area contributed by atoms with E-state index in [1.54, 1.807) is 24.3 Å². The Morgan fingerprint density at radius 1 is 0.969 bits per heavy atom. The van der Waals surface area contributed by atoms with Crippen LogP contribution in [0.25, 0.3) is 6.08 Å². The lowest BCUT2D eigenvalue weighted by Crippen LogP contribution is -2.54. The summed E-state index contributed by atoms with van der Waals surface area (Å²) in [6, 6.07) is 19.1. The maximum Gasteiger partial charge on any atom is 0.336 e. The van der Waals surface area contributed by atoms with E-state index in [-0.39, 0.29) is 11.3 Å². The highest BCUT2D eigenvalue weighted by atomic mass is 19.1. The highest BCUT2D eigenvalue weighted by molar-refractivity contribution is 6.39. The molecule has 0 unspecified atom stereocenters. The van der Waals surface area contributed by atoms with Crippen molar-refractivity contribution in [2.24, 2.45) is 0 Å². The zero-order valence-corrected chi connectivity index (χ0v) is 17.2. The number of amides is 4. The molecule has 0 bridgehead atoms. The summed E-state index contributed by atoms with van der Waals surface area (Å²) in [6.07, 6.45) is 1.34. The molecule has 1 N–H and O–H groups in total. The molecule has 1 aliphatic rings. The summed E-state index contributed by atoms with van der Waals surface area (Å²) in [5, 5.41) is 2.08. The number of urea groups is 1. The van der Waals surface area contributed by atoms with E-state index in [2.05, 4.69) is 5.32 Å². The number of benzene rings is 3. The van der Waals surface area contributed by atoms with E-state index in [9.17, 15) is 18.8 Å². The van der Waals surface area contributed by atoms with Gasteiger partial charge in [0.2, 0.25) is 0 Å². The molecule has 0 aromatic heterocycles. The normalized spacial score (nSPS) is 15.1. The van der Waals surface area contributed by atoms with Gasteiger partial charge in [-0.2, -0.15) is 0 Å². The van der Waals surface area contributed by atoms with Gasteiger partial charge in [-0.3, -0.25) is 14.9 Å². The van der Waals surface area contributed by atoms with Crippen LogP contribution in [0.5, 0.6) is 5.75 Å². The number of nitrogens with one attached hydrogen (secondary N) is 1. The van der Waals surface area contributed by atoms with E-state index in [1.807, 2.05) is 31.2 Å². The Balaban J connectivity index is 1.58. The Morgan fingerprint density at radius 2 is 1.72 bits per heavy atom. The third-order valence-electron chi connectivity index (χ3n) is 4.89. The van der Waals surface area contributed by atoms with Crippen LogP contribution in [0.15, 0.2) is 78.4 Å². The smallest absolute Gasteiger partial charge is 0.336 e. The van der Waals surface area contributed by atoms with Gasteiger partial charge in [-0.05, 0) is 48.4 Å². The Kier molecular flexibility index (Phi) is 5.81. The number of imide groups is 2. The zero-order valence-electron chi connectivity index (χ0n) is 17.2. The highest BCUT2D eigenvalue weighted by Gasteiger charge is 2.37. The third-order valence-corrected chi connectivity index (χ3v) is 4.89. The number of nitrogens with zero attached hydrogens (tertiary/aromatic N) is 1. The molecule has 1 heterocycles. The second-order valence-corrected chi connectivity index (χ2v) is 7.26. The fraction of sp³-hybridized carbons (Fsp3) is 0.0800. The zero-order chi connectivity index (χ0) is 22.7. The minimum atomic E-state index is -1.00. The molecule has 3 aromatic rings. The molecule has 0 radical (unpaired) electrons. The number of halogens is 1. The van der Waals surface area contributed by atoms with Crippen molar-refractivity contribution in [2.45, 2.75) is 13.5 Å². The Morgan fingerprint density at radius 3 is 2.47 bits per heavy atom. The van der Waals surface area contributed by atoms with Crippen molar-refractivity contribution >= 4 is 29.6 Å². The van der Waals surface area contributed by atoms with E-state index >= 15 is 0 Å². The van der Waals surface area contributed by atoms with Crippen molar-refractivity contribution in [1.82, 2.24) is 5.32 Å². The van der Waals surface area contributed by atoms with Crippen molar-refractivity contribution in [3.63, 3.8) is 0 Å². The van der Waals surface area contributed by atoms with Gasteiger partial charge in [0.15, 0.2) is 0 Å². The van der Waals surface area contributed by atoms with Gasteiger partial charge >= 0.3 is 6.03 Å². The molecular formula is C25H19FN2O4. The van der Waals surface area contributed by atoms with Crippen LogP contribution in [-0.2, 0) is 16.2 Å². The number of anilines is 1. The number of hydrogen-bond donors (Lipinski definition) is 1. The molecule has 4 rings (SSSR count). The molecule has 4 amide bonds. The van der Waals surface area contributed by atoms with Crippen molar-refractivity contribution in [2.75, 3.05) is 4.90 Å². The molecule has 1 fully saturated rings. The average Bonchev–Trinajstić information content (AvgIpc) is 2.78. The number of aryl methyl sites for hydroxylation is 1. The summed E-state index contributed by atoms with van der Waals surface area (Å²) >= 11 is 0. The number of para-hydroxylation sites is 1.